The second kappa shape index (κ2) is 25.7. The van der Waals surface area contributed by atoms with Gasteiger partial charge in [-0.1, -0.05) is 138 Å². The van der Waals surface area contributed by atoms with Gasteiger partial charge in [0, 0.05) is 17.9 Å². The van der Waals surface area contributed by atoms with Crippen molar-refractivity contribution in [1.29, 1.82) is 0 Å². The van der Waals surface area contributed by atoms with Crippen LogP contribution in [0.3, 0.4) is 0 Å². The second-order valence-electron chi connectivity index (χ2n) is 9.89. The van der Waals surface area contributed by atoms with Gasteiger partial charge in [0.1, 0.15) is 0 Å². The molecule has 0 spiro atoms. The van der Waals surface area contributed by atoms with Gasteiger partial charge < -0.3 is 10.2 Å². The van der Waals surface area contributed by atoms with E-state index in [1.54, 1.807) is 21.6 Å². The molecule has 0 aromatic carbocycles. The minimum absolute atomic E-state index is 0.212. The summed E-state index contributed by atoms with van der Waals surface area (Å²) >= 11 is 0. The zero-order valence-corrected chi connectivity index (χ0v) is 23.9. The molecule has 0 fully saturated rings. The van der Waals surface area contributed by atoms with Crippen LogP contribution in [0.5, 0.6) is 0 Å². The van der Waals surface area contributed by atoms with Crippen molar-refractivity contribution in [1.82, 2.24) is 0 Å². The Balaban J connectivity index is 4.34. The smallest absolute Gasteiger partial charge is 0.306 e. The number of carboxylic acid groups (broad SMARTS) is 2. The molecule has 6 heteroatoms. The predicted octanol–water partition coefficient (Wildman–Crippen LogP) is 9.61. The minimum atomic E-state index is -0.746. The molecule has 0 saturated heterocycles. The summed E-state index contributed by atoms with van der Waals surface area (Å²) in [5, 5.41) is 18.5. The Labute approximate surface area is 218 Å². The molecule has 0 rings (SSSR count). The molecule has 0 radical (unpaired) electrons. The van der Waals surface area contributed by atoms with E-state index in [1.165, 1.54) is 103 Å². The lowest BCUT2D eigenvalue weighted by Gasteiger charge is -2.21. The van der Waals surface area contributed by atoms with Crippen molar-refractivity contribution in [2.24, 2.45) is 11.8 Å². The van der Waals surface area contributed by atoms with Crippen molar-refractivity contribution < 1.29 is 19.8 Å². The van der Waals surface area contributed by atoms with Crippen molar-refractivity contribution in [2.45, 2.75) is 142 Å². The van der Waals surface area contributed by atoms with Crippen molar-refractivity contribution >= 4 is 33.5 Å². The Morgan fingerprint density at radius 2 is 1.09 bits per heavy atom. The molecule has 0 heterocycles. The lowest BCUT2D eigenvalue weighted by atomic mass is 9.85. The number of carbonyl (C=O) groups is 2. The van der Waals surface area contributed by atoms with Crippen LogP contribution in [0.15, 0.2) is 0 Å². The molecule has 0 aliphatic carbocycles. The highest BCUT2D eigenvalue weighted by Gasteiger charge is 2.22. The average molecular weight is 519 g/mol. The number of hydrogen-bond donors (Lipinski definition) is 2. The van der Waals surface area contributed by atoms with Gasteiger partial charge >= 0.3 is 11.9 Å². The minimum Gasteiger partial charge on any atom is -0.481 e. The maximum absolute atomic E-state index is 11.9. The van der Waals surface area contributed by atoms with Crippen LogP contribution in [0.25, 0.3) is 0 Å². The van der Waals surface area contributed by atoms with E-state index in [2.05, 4.69) is 13.8 Å². The monoisotopic (exact) mass is 518 g/mol. The molecule has 0 bridgehead atoms. The highest BCUT2D eigenvalue weighted by Crippen LogP contribution is 2.30. The van der Waals surface area contributed by atoms with Gasteiger partial charge in [-0.15, -0.1) is 0 Å². The van der Waals surface area contributed by atoms with Crippen molar-refractivity contribution in [2.75, 3.05) is 11.5 Å². The van der Waals surface area contributed by atoms with E-state index in [0.29, 0.717) is 12.3 Å². The summed E-state index contributed by atoms with van der Waals surface area (Å²) in [5.74, 6) is 0.556. The van der Waals surface area contributed by atoms with Gasteiger partial charge in [0.05, 0.1) is 5.92 Å². The van der Waals surface area contributed by atoms with Gasteiger partial charge in [0.2, 0.25) is 0 Å². The fraction of sp³-hybridized carbons (Fsp3) is 0.929. The van der Waals surface area contributed by atoms with Crippen LogP contribution in [0.1, 0.15) is 142 Å². The van der Waals surface area contributed by atoms with Crippen LogP contribution in [-0.4, -0.2) is 33.7 Å². The number of aliphatic carboxylic acids is 2. The van der Waals surface area contributed by atoms with Gasteiger partial charge in [-0.2, -0.15) is 0 Å². The Kier molecular flexibility index (Phi) is 25.5. The Morgan fingerprint density at radius 3 is 1.56 bits per heavy atom. The fourth-order valence-electron chi connectivity index (χ4n) is 4.50. The van der Waals surface area contributed by atoms with E-state index in [0.717, 1.165) is 24.3 Å². The second-order valence-corrected chi connectivity index (χ2v) is 12.6. The summed E-state index contributed by atoms with van der Waals surface area (Å²) in [5.41, 5.74) is 0. The topological polar surface area (TPSA) is 74.6 Å². The highest BCUT2D eigenvalue weighted by atomic mass is 33.1. The van der Waals surface area contributed by atoms with E-state index in [9.17, 15) is 14.7 Å². The molecule has 0 aliphatic rings. The highest BCUT2D eigenvalue weighted by molar-refractivity contribution is 8.76. The SMILES string of the molecule is CCCCCCCCCCC(CCCCCCCC)CC(CCSSCCCC(=O)O)C(=O)O. The molecule has 4 nitrogen and oxygen atoms in total. The Bertz CT molecular complexity index is 473. The zero-order chi connectivity index (χ0) is 25.3. The van der Waals surface area contributed by atoms with E-state index < -0.39 is 11.9 Å². The molecule has 0 aromatic heterocycles. The third-order valence-corrected chi connectivity index (χ3v) is 9.17. The molecule has 0 aliphatic heterocycles. The molecule has 2 atom stereocenters. The van der Waals surface area contributed by atoms with Crippen LogP contribution in [0.2, 0.25) is 0 Å². The number of unbranched alkanes of at least 4 members (excludes halogenated alkanes) is 12. The number of carboxylic acids is 2. The first-order valence-electron chi connectivity index (χ1n) is 14.2. The quantitative estimate of drug-likeness (QED) is 0.0832. The van der Waals surface area contributed by atoms with E-state index in [4.69, 9.17) is 5.11 Å². The van der Waals surface area contributed by atoms with Crippen LogP contribution in [0, 0.1) is 11.8 Å². The molecule has 2 unspecified atom stereocenters. The normalized spacial score (nSPS) is 13.1. The third kappa shape index (κ3) is 23.4. The Morgan fingerprint density at radius 1 is 0.618 bits per heavy atom. The maximum Gasteiger partial charge on any atom is 0.306 e. The number of hydrogen-bond acceptors (Lipinski definition) is 4. The predicted molar refractivity (Wildman–Crippen MR) is 151 cm³/mol. The standard InChI is InChI=1S/C28H54O4S2/c1-3-5-7-9-11-12-14-16-19-25(18-15-13-10-8-6-4-2)24-26(28(31)32)21-23-34-33-22-17-20-27(29)30/h25-26H,3-24H2,1-2H3,(H,29,30)(H,31,32). The first kappa shape index (κ1) is 33.6. The van der Waals surface area contributed by atoms with Gasteiger partial charge in [-0.05, 0) is 25.2 Å². The maximum atomic E-state index is 11.9. The number of rotatable bonds is 27. The van der Waals surface area contributed by atoms with E-state index in [-0.39, 0.29) is 12.3 Å². The van der Waals surface area contributed by atoms with Crippen LogP contribution in [-0.2, 0) is 9.59 Å². The zero-order valence-electron chi connectivity index (χ0n) is 22.2. The van der Waals surface area contributed by atoms with E-state index >= 15 is 0 Å². The molecule has 34 heavy (non-hydrogen) atoms. The van der Waals surface area contributed by atoms with Gasteiger partial charge in [-0.3, -0.25) is 9.59 Å². The van der Waals surface area contributed by atoms with Crippen LogP contribution < -0.4 is 0 Å². The summed E-state index contributed by atoms with van der Waals surface area (Å²) in [7, 11) is 3.38. The van der Waals surface area contributed by atoms with Gasteiger partial charge in [0.15, 0.2) is 0 Å². The summed E-state index contributed by atoms with van der Waals surface area (Å²) < 4.78 is 0. The van der Waals surface area contributed by atoms with Crippen LogP contribution in [0.4, 0.5) is 0 Å². The first-order valence-corrected chi connectivity index (χ1v) is 16.7. The Hall–Kier alpha value is -0.360. The molecule has 0 amide bonds. The first-order chi connectivity index (χ1) is 16.5. The lowest BCUT2D eigenvalue weighted by molar-refractivity contribution is -0.142. The molecule has 2 N–H and O–H groups in total. The molecular formula is C28H54O4S2. The van der Waals surface area contributed by atoms with Gasteiger partial charge in [0.25, 0.3) is 0 Å². The van der Waals surface area contributed by atoms with Crippen molar-refractivity contribution in [3.8, 4) is 0 Å². The molecule has 0 aromatic rings. The summed E-state index contributed by atoms with van der Waals surface area (Å²) in [6.07, 6.45) is 23.2. The van der Waals surface area contributed by atoms with Crippen molar-refractivity contribution in [3.63, 3.8) is 0 Å². The largest absolute Gasteiger partial charge is 0.481 e. The average Bonchev–Trinajstić information content (AvgIpc) is 2.80. The molecule has 202 valence electrons. The summed E-state index contributed by atoms with van der Waals surface area (Å²) in [4.78, 5) is 22.5. The van der Waals surface area contributed by atoms with Crippen LogP contribution >= 0.6 is 21.6 Å². The lowest BCUT2D eigenvalue weighted by Crippen LogP contribution is -2.19. The summed E-state index contributed by atoms with van der Waals surface area (Å²) in [6.45, 7) is 4.51. The van der Waals surface area contributed by atoms with Gasteiger partial charge in [-0.25, -0.2) is 0 Å². The molecular weight excluding hydrogens is 464 g/mol. The third-order valence-electron chi connectivity index (χ3n) is 6.65. The van der Waals surface area contributed by atoms with E-state index in [1.807, 2.05) is 0 Å². The summed E-state index contributed by atoms with van der Waals surface area (Å²) in [6, 6.07) is 0. The fourth-order valence-corrected chi connectivity index (χ4v) is 6.72. The molecule has 0 saturated carbocycles. The van der Waals surface area contributed by atoms with Crippen molar-refractivity contribution in [3.05, 3.63) is 0 Å².